The number of nitrogens with zero attached hydrogens (tertiary/aromatic N) is 2. The van der Waals surface area contributed by atoms with Gasteiger partial charge in [0, 0.05) is 37.5 Å². The predicted molar refractivity (Wildman–Crippen MR) is 102 cm³/mol. The second-order valence-corrected chi connectivity index (χ2v) is 6.87. The van der Waals surface area contributed by atoms with E-state index in [2.05, 4.69) is 43.0 Å². The van der Waals surface area contributed by atoms with E-state index in [-0.39, 0.29) is 5.91 Å². The maximum absolute atomic E-state index is 12.9. The number of hydrogen-bond donors (Lipinski definition) is 0. The van der Waals surface area contributed by atoms with Crippen LogP contribution in [0.5, 0.6) is 0 Å². The highest BCUT2D eigenvalue weighted by Gasteiger charge is 2.32. The van der Waals surface area contributed by atoms with Crippen LogP contribution in [0.3, 0.4) is 0 Å². The third-order valence-electron chi connectivity index (χ3n) is 4.23. The van der Waals surface area contributed by atoms with E-state index in [1.54, 1.807) is 0 Å². The molecule has 0 unspecified atom stereocenters. The highest BCUT2D eigenvalue weighted by molar-refractivity contribution is 6.35. The minimum absolute atomic E-state index is 0.0987. The molecule has 1 amide bonds. The van der Waals surface area contributed by atoms with Gasteiger partial charge >= 0.3 is 0 Å². The molecule has 3 heteroatoms. The minimum atomic E-state index is 0.0987. The first-order valence-electron chi connectivity index (χ1n) is 8.37. The molecule has 3 rings (SSSR count). The Kier molecular flexibility index (Phi) is 4.43. The van der Waals surface area contributed by atoms with Gasteiger partial charge in [-0.2, -0.15) is 0 Å². The monoisotopic (exact) mass is 320 g/mol. The summed E-state index contributed by atoms with van der Waals surface area (Å²) in [6.45, 7) is 5.02. The van der Waals surface area contributed by atoms with Crippen LogP contribution in [0, 0.1) is 5.92 Å². The molecule has 124 valence electrons. The van der Waals surface area contributed by atoms with Gasteiger partial charge < -0.3 is 9.80 Å². The average Bonchev–Trinajstić information content (AvgIpc) is 2.81. The maximum Gasteiger partial charge on any atom is 0.259 e. The number of benzene rings is 2. The van der Waals surface area contributed by atoms with E-state index in [9.17, 15) is 4.79 Å². The Morgan fingerprint density at radius 2 is 1.71 bits per heavy atom. The molecular formula is C21H24N2O. The maximum atomic E-state index is 12.9. The molecule has 0 aromatic heterocycles. The summed E-state index contributed by atoms with van der Waals surface area (Å²) in [4.78, 5) is 16.9. The molecule has 0 N–H and O–H groups in total. The van der Waals surface area contributed by atoms with E-state index < -0.39 is 0 Å². The molecule has 2 aromatic carbocycles. The minimum Gasteiger partial charge on any atom is -0.378 e. The van der Waals surface area contributed by atoms with E-state index in [1.165, 1.54) is 0 Å². The molecule has 0 bridgehead atoms. The number of anilines is 2. The summed E-state index contributed by atoms with van der Waals surface area (Å²) in [6, 6.07) is 16.3. The lowest BCUT2D eigenvalue weighted by Gasteiger charge is -2.19. The Morgan fingerprint density at radius 3 is 2.33 bits per heavy atom. The molecule has 0 spiro atoms. The van der Waals surface area contributed by atoms with Crippen LogP contribution >= 0.6 is 0 Å². The number of hydrogen-bond acceptors (Lipinski definition) is 2. The fourth-order valence-corrected chi connectivity index (χ4v) is 3.03. The second-order valence-electron chi connectivity index (χ2n) is 6.87. The molecular weight excluding hydrogens is 296 g/mol. The topological polar surface area (TPSA) is 23.6 Å². The van der Waals surface area contributed by atoms with Gasteiger partial charge in [0.25, 0.3) is 5.91 Å². The summed E-state index contributed by atoms with van der Waals surface area (Å²) in [6.07, 6.45) is 2.00. The zero-order valence-corrected chi connectivity index (χ0v) is 14.8. The van der Waals surface area contributed by atoms with Gasteiger partial charge in [0.2, 0.25) is 0 Å². The summed E-state index contributed by atoms with van der Waals surface area (Å²) in [7, 11) is 4.04. The van der Waals surface area contributed by atoms with Crippen LogP contribution in [0.2, 0.25) is 0 Å². The van der Waals surface area contributed by atoms with Crippen molar-refractivity contribution < 1.29 is 4.79 Å². The molecule has 0 atom stereocenters. The van der Waals surface area contributed by atoms with Gasteiger partial charge in [0.15, 0.2) is 0 Å². The highest BCUT2D eigenvalue weighted by Crippen LogP contribution is 2.38. The van der Waals surface area contributed by atoms with Gasteiger partial charge in [-0.05, 0) is 35.8 Å². The van der Waals surface area contributed by atoms with Crippen molar-refractivity contribution in [2.45, 2.75) is 13.8 Å². The van der Waals surface area contributed by atoms with Crippen LogP contribution in [0.4, 0.5) is 11.4 Å². The quantitative estimate of drug-likeness (QED) is 0.784. The number of para-hydroxylation sites is 1. The van der Waals surface area contributed by atoms with Crippen LogP contribution in [-0.4, -0.2) is 26.5 Å². The molecule has 24 heavy (non-hydrogen) atoms. The van der Waals surface area contributed by atoms with E-state index >= 15 is 0 Å². The smallest absolute Gasteiger partial charge is 0.259 e. The number of carbonyl (C=O) groups excluding carboxylic acids is 1. The Morgan fingerprint density at radius 1 is 1.04 bits per heavy atom. The summed E-state index contributed by atoms with van der Waals surface area (Å²) >= 11 is 0. The van der Waals surface area contributed by atoms with Crippen LogP contribution in [-0.2, 0) is 4.79 Å². The van der Waals surface area contributed by atoms with Crippen LogP contribution < -0.4 is 9.80 Å². The number of fused-ring (bicyclic) bond motifs is 1. The zero-order valence-electron chi connectivity index (χ0n) is 14.8. The molecule has 1 aliphatic heterocycles. The molecule has 0 saturated carbocycles. The van der Waals surface area contributed by atoms with Crippen molar-refractivity contribution in [1.29, 1.82) is 0 Å². The first-order valence-corrected chi connectivity index (χ1v) is 8.37. The highest BCUT2D eigenvalue weighted by atomic mass is 16.2. The second kappa shape index (κ2) is 6.52. The number of amides is 1. The molecule has 1 heterocycles. The number of carbonyl (C=O) groups is 1. The fraction of sp³-hybridized carbons (Fsp3) is 0.286. The van der Waals surface area contributed by atoms with Crippen LogP contribution in [0.25, 0.3) is 11.6 Å². The number of rotatable bonds is 4. The largest absolute Gasteiger partial charge is 0.378 e. The predicted octanol–water partition coefficient (Wildman–Crippen LogP) is 4.30. The summed E-state index contributed by atoms with van der Waals surface area (Å²) in [5.74, 6) is 0.530. The lowest BCUT2D eigenvalue weighted by Crippen LogP contribution is -2.30. The summed E-state index contributed by atoms with van der Waals surface area (Å²) in [5.41, 5.74) is 5.03. The third-order valence-corrected chi connectivity index (χ3v) is 4.23. The molecule has 0 aliphatic carbocycles. The normalized spacial score (nSPS) is 15.3. The van der Waals surface area contributed by atoms with E-state index in [0.717, 1.165) is 34.6 Å². The Bertz CT molecular complexity index is 773. The Balaban J connectivity index is 1.99. The van der Waals surface area contributed by atoms with Gasteiger partial charge in [-0.3, -0.25) is 4.79 Å². The molecule has 0 fully saturated rings. The SMILES string of the molecule is CC(C)CN1C(=O)/C(=C\c2ccc(N(C)C)cc2)c2ccccc21. The van der Waals surface area contributed by atoms with Crippen molar-refractivity contribution in [3.8, 4) is 0 Å². The van der Waals surface area contributed by atoms with Gasteiger partial charge in [-0.15, -0.1) is 0 Å². The van der Waals surface area contributed by atoms with Gasteiger partial charge in [0.05, 0.1) is 5.69 Å². The van der Waals surface area contributed by atoms with Gasteiger partial charge in [0.1, 0.15) is 0 Å². The van der Waals surface area contributed by atoms with Crippen molar-refractivity contribution in [3.63, 3.8) is 0 Å². The van der Waals surface area contributed by atoms with Crippen molar-refractivity contribution in [1.82, 2.24) is 0 Å². The third kappa shape index (κ3) is 3.07. The molecule has 0 radical (unpaired) electrons. The van der Waals surface area contributed by atoms with Crippen LogP contribution in [0.1, 0.15) is 25.0 Å². The van der Waals surface area contributed by atoms with Gasteiger partial charge in [-0.25, -0.2) is 0 Å². The van der Waals surface area contributed by atoms with E-state index in [0.29, 0.717) is 5.92 Å². The zero-order chi connectivity index (χ0) is 17.3. The first kappa shape index (κ1) is 16.3. The fourth-order valence-electron chi connectivity index (χ4n) is 3.03. The molecule has 2 aromatic rings. The van der Waals surface area contributed by atoms with Crippen molar-refractivity contribution in [3.05, 3.63) is 59.7 Å². The van der Waals surface area contributed by atoms with Crippen molar-refractivity contribution in [2.75, 3.05) is 30.4 Å². The van der Waals surface area contributed by atoms with E-state index in [1.807, 2.05) is 49.3 Å². The standard InChI is InChI=1S/C21H24N2O/c1-15(2)14-23-20-8-6-5-7-18(20)19(21(23)24)13-16-9-11-17(12-10-16)22(3)4/h5-13,15H,14H2,1-4H3/b19-13-. The van der Waals surface area contributed by atoms with Crippen LogP contribution in [0.15, 0.2) is 48.5 Å². The van der Waals surface area contributed by atoms with Crippen molar-refractivity contribution in [2.24, 2.45) is 5.92 Å². The molecule has 0 saturated heterocycles. The first-order chi connectivity index (χ1) is 11.5. The van der Waals surface area contributed by atoms with Gasteiger partial charge in [-0.1, -0.05) is 44.2 Å². The van der Waals surface area contributed by atoms with Crippen molar-refractivity contribution >= 4 is 28.9 Å². The molecule has 1 aliphatic rings. The summed E-state index contributed by atoms with van der Waals surface area (Å²) in [5, 5.41) is 0. The summed E-state index contributed by atoms with van der Waals surface area (Å²) < 4.78 is 0. The average molecular weight is 320 g/mol. The lowest BCUT2D eigenvalue weighted by atomic mass is 10.0. The Hall–Kier alpha value is -2.55. The van der Waals surface area contributed by atoms with E-state index in [4.69, 9.17) is 0 Å². The Labute approximate surface area is 144 Å². The lowest BCUT2D eigenvalue weighted by molar-refractivity contribution is -0.113. The molecule has 3 nitrogen and oxygen atoms in total.